The molecular formula is C16H18N2O2. The molecule has 0 bridgehead atoms. The van der Waals surface area contributed by atoms with Gasteiger partial charge in [-0.05, 0) is 36.2 Å². The number of carbonyl (C=O) groups excluding carboxylic acids is 1. The van der Waals surface area contributed by atoms with Crippen molar-refractivity contribution in [1.29, 1.82) is 0 Å². The number of nitrogens with one attached hydrogen (secondary N) is 1. The van der Waals surface area contributed by atoms with Crippen LogP contribution in [-0.4, -0.2) is 19.1 Å². The van der Waals surface area contributed by atoms with E-state index in [1.807, 2.05) is 54.6 Å². The van der Waals surface area contributed by atoms with E-state index in [0.29, 0.717) is 6.42 Å². The highest BCUT2D eigenvalue weighted by Crippen LogP contribution is 2.13. The number of para-hydroxylation sites is 1. The summed E-state index contributed by atoms with van der Waals surface area (Å²) in [5.41, 5.74) is 7.68. The number of benzene rings is 2. The highest BCUT2D eigenvalue weighted by molar-refractivity contribution is 5.94. The molecule has 4 heteroatoms. The Hall–Kier alpha value is -2.33. The highest BCUT2D eigenvalue weighted by atomic mass is 16.5. The third kappa shape index (κ3) is 3.83. The van der Waals surface area contributed by atoms with Gasteiger partial charge in [0.15, 0.2) is 0 Å². The molecular weight excluding hydrogens is 252 g/mol. The second kappa shape index (κ2) is 6.73. The Morgan fingerprint density at radius 3 is 2.40 bits per heavy atom. The summed E-state index contributed by atoms with van der Waals surface area (Å²) in [5.74, 6) is 0.600. The van der Waals surface area contributed by atoms with Crippen LogP contribution in [0.15, 0.2) is 54.6 Å². The third-order valence-corrected chi connectivity index (χ3v) is 2.99. The number of rotatable bonds is 5. The number of hydrogen-bond donors (Lipinski definition) is 2. The van der Waals surface area contributed by atoms with Crippen molar-refractivity contribution in [3.8, 4) is 5.75 Å². The lowest BCUT2D eigenvalue weighted by atomic mass is 10.1. The van der Waals surface area contributed by atoms with Gasteiger partial charge in [-0.15, -0.1) is 0 Å². The zero-order chi connectivity index (χ0) is 14.4. The number of methoxy groups -OCH3 is 1. The summed E-state index contributed by atoms with van der Waals surface area (Å²) in [6, 6.07) is 16.2. The molecule has 0 aliphatic heterocycles. The zero-order valence-corrected chi connectivity index (χ0v) is 11.4. The van der Waals surface area contributed by atoms with Gasteiger partial charge < -0.3 is 15.8 Å². The number of anilines is 1. The minimum Gasteiger partial charge on any atom is -0.497 e. The Bertz CT molecular complexity index is 552. The van der Waals surface area contributed by atoms with E-state index in [0.717, 1.165) is 17.0 Å². The maximum Gasteiger partial charge on any atom is 0.241 e. The maximum absolute atomic E-state index is 12.0. The van der Waals surface area contributed by atoms with Gasteiger partial charge in [-0.25, -0.2) is 0 Å². The number of nitrogens with two attached hydrogens (primary N) is 1. The maximum atomic E-state index is 12.0. The Morgan fingerprint density at radius 1 is 1.15 bits per heavy atom. The van der Waals surface area contributed by atoms with Crippen molar-refractivity contribution in [1.82, 2.24) is 0 Å². The van der Waals surface area contributed by atoms with Crippen molar-refractivity contribution in [3.63, 3.8) is 0 Å². The van der Waals surface area contributed by atoms with Gasteiger partial charge in [0.2, 0.25) is 5.91 Å². The molecule has 0 heterocycles. The first-order valence-electron chi connectivity index (χ1n) is 6.43. The first-order valence-corrected chi connectivity index (χ1v) is 6.43. The van der Waals surface area contributed by atoms with Crippen LogP contribution in [0.2, 0.25) is 0 Å². The van der Waals surface area contributed by atoms with Crippen LogP contribution >= 0.6 is 0 Å². The standard InChI is InChI=1S/C16H18N2O2/c1-20-14-9-7-12(8-10-14)11-15(17)16(19)18-13-5-3-2-4-6-13/h2-10,15H,11,17H2,1H3,(H,18,19)/t15-/m1/s1. The molecule has 4 nitrogen and oxygen atoms in total. The topological polar surface area (TPSA) is 64.3 Å². The largest absolute Gasteiger partial charge is 0.497 e. The van der Waals surface area contributed by atoms with Crippen molar-refractivity contribution in [2.24, 2.45) is 5.73 Å². The summed E-state index contributed by atoms with van der Waals surface area (Å²) in [5, 5.41) is 2.80. The van der Waals surface area contributed by atoms with Crippen LogP contribution in [0.4, 0.5) is 5.69 Å². The van der Waals surface area contributed by atoms with E-state index in [2.05, 4.69) is 5.32 Å². The van der Waals surface area contributed by atoms with E-state index in [1.165, 1.54) is 0 Å². The lowest BCUT2D eigenvalue weighted by molar-refractivity contribution is -0.117. The summed E-state index contributed by atoms with van der Waals surface area (Å²) >= 11 is 0. The van der Waals surface area contributed by atoms with E-state index in [9.17, 15) is 4.79 Å². The second-order valence-corrected chi connectivity index (χ2v) is 4.51. The van der Waals surface area contributed by atoms with Crippen LogP contribution in [0.1, 0.15) is 5.56 Å². The number of hydrogen-bond acceptors (Lipinski definition) is 3. The van der Waals surface area contributed by atoms with Gasteiger partial charge in [0.1, 0.15) is 5.75 Å². The molecule has 0 radical (unpaired) electrons. The molecule has 0 aliphatic carbocycles. The van der Waals surface area contributed by atoms with Crippen molar-refractivity contribution in [2.75, 3.05) is 12.4 Å². The summed E-state index contributed by atoms with van der Waals surface area (Å²) in [7, 11) is 1.62. The van der Waals surface area contributed by atoms with Crippen LogP contribution in [0.3, 0.4) is 0 Å². The van der Waals surface area contributed by atoms with E-state index in [-0.39, 0.29) is 5.91 Å². The van der Waals surface area contributed by atoms with E-state index < -0.39 is 6.04 Å². The third-order valence-electron chi connectivity index (χ3n) is 2.99. The van der Waals surface area contributed by atoms with Crippen molar-refractivity contribution in [2.45, 2.75) is 12.5 Å². The molecule has 0 spiro atoms. The average molecular weight is 270 g/mol. The van der Waals surface area contributed by atoms with Crippen LogP contribution in [-0.2, 0) is 11.2 Å². The fraction of sp³-hybridized carbons (Fsp3) is 0.188. The number of carbonyl (C=O) groups is 1. The van der Waals surface area contributed by atoms with Gasteiger partial charge in [0.05, 0.1) is 13.2 Å². The predicted octanol–water partition coefficient (Wildman–Crippen LogP) is 2.20. The molecule has 2 aromatic rings. The average Bonchev–Trinajstić information content (AvgIpc) is 2.49. The number of amides is 1. The highest BCUT2D eigenvalue weighted by Gasteiger charge is 2.14. The van der Waals surface area contributed by atoms with Gasteiger partial charge in [0.25, 0.3) is 0 Å². The molecule has 0 saturated heterocycles. The minimum atomic E-state index is -0.580. The molecule has 0 fully saturated rings. The Morgan fingerprint density at radius 2 is 1.80 bits per heavy atom. The SMILES string of the molecule is COc1ccc(C[C@@H](N)C(=O)Nc2ccccc2)cc1. The van der Waals surface area contributed by atoms with Crippen molar-refractivity contribution < 1.29 is 9.53 Å². The van der Waals surface area contributed by atoms with Gasteiger partial charge >= 0.3 is 0 Å². The fourth-order valence-electron chi connectivity index (χ4n) is 1.86. The molecule has 104 valence electrons. The Labute approximate surface area is 118 Å². The smallest absolute Gasteiger partial charge is 0.241 e. The Kier molecular flexibility index (Phi) is 4.74. The first-order chi connectivity index (χ1) is 9.69. The Balaban J connectivity index is 1.93. The van der Waals surface area contributed by atoms with Gasteiger partial charge in [-0.1, -0.05) is 30.3 Å². The van der Waals surface area contributed by atoms with Crippen molar-refractivity contribution >= 4 is 11.6 Å². The molecule has 0 aliphatic rings. The van der Waals surface area contributed by atoms with Crippen LogP contribution in [0.5, 0.6) is 5.75 Å². The van der Waals surface area contributed by atoms with Crippen LogP contribution < -0.4 is 15.8 Å². The lowest BCUT2D eigenvalue weighted by Gasteiger charge is -2.12. The molecule has 20 heavy (non-hydrogen) atoms. The van der Waals surface area contributed by atoms with Crippen LogP contribution in [0, 0.1) is 0 Å². The quantitative estimate of drug-likeness (QED) is 0.875. The van der Waals surface area contributed by atoms with Crippen LogP contribution in [0.25, 0.3) is 0 Å². The van der Waals surface area contributed by atoms with E-state index in [4.69, 9.17) is 10.5 Å². The number of ether oxygens (including phenoxy) is 1. The van der Waals surface area contributed by atoms with Gasteiger partial charge in [-0.3, -0.25) is 4.79 Å². The molecule has 2 rings (SSSR count). The lowest BCUT2D eigenvalue weighted by Crippen LogP contribution is -2.37. The van der Waals surface area contributed by atoms with Crippen molar-refractivity contribution in [3.05, 3.63) is 60.2 Å². The second-order valence-electron chi connectivity index (χ2n) is 4.51. The zero-order valence-electron chi connectivity index (χ0n) is 11.4. The summed E-state index contributed by atoms with van der Waals surface area (Å²) in [4.78, 5) is 12.0. The summed E-state index contributed by atoms with van der Waals surface area (Å²) in [6.45, 7) is 0. The van der Waals surface area contributed by atoms with Gasteiger partial charge in [-0.2, -0.15) is 0 Å². The molecule has 0 aromatic heterocycles. The summed E-state index contributed by atoms with van der Waals surface area (Å²) in [6.07, 6.45) is 0.489. The molecule has 3 N–H and O–H groups in total. The molecule has 1 atom stereocenters. The first kappa shape index (κ1) is 14.1. The molecule has 0 saturated carbocycles. The van der Waals surface area contributed by atoms with E-state index in [1.54, 1.807) is 7.11 Å². The minimum absolute atomic E-state index is 0.188. The van der Waals surface area contributed by atoms with E-state index >= 15 is 0 Å². The molecule has 1 amide bonds. The summed E-state index contributed by atoms with van der Waals surface area (Å²) < 4.78 is 5.09. The normalized spacial score (nSPS) is 11.7. The predicted molar refractivity (Wildman–Crippen MR) is 79.7 cm³/mol. The van der Waals surface area contributed by atoms with Gasteiger partial charge in [0, 0.05) is 5.69 Å². The fourth-order valence-corrected chi connectivity index (χ4v) is 1.86. The monoisotopic (exact) mass is 270 g/mol. The molecule has 2 aromatic carbocycles. The molecule has 0 unspecified atom stereocenters.